The Bertz CT molecular complexity index is 417. The summed E-state index contributed by atoms with van der Waals surface area (Å²) in [7, 11) is 0. The molecular weight excluding hydrogens is 228 g/mol. The van der Waals surface area contributed by atoms with Gasteiger partial charge in [-0.15, -0.1) is 0 Å². The highest BCUT2D eigenvalue weighted by Crippen LogP contribution is 2.37. The van der Waals surface area contributed by atoms with Crippen molar-refractivity contribution in [2.75, 3.05) is 13.1 Å². The lowest BCUT2D eigenvalue weighted by Crippen LogP contribution is -2.33. The molecule has 1 saturated heterocycles. The Balaban J connectivity index is 1.52. The van der Waals surface area contributed by atoms with Gasteiger partial charge < -0.3 is 10.6 Å². The van der Waals surface area contributed by atoms with Gasteiger partial charge in [-0.2, -0.15) is 5.10 Å². The molecule has 1 aromatic heterocycles. The van der Waals surface area contributed by atoms with Crippen molar-refractivity contribution in [1.82, 2.24) is 14.7 Å². The molecule has 1 aliphatic carbocycles. The predicted octanol–water partition coefficient (Wildman–Crippen LogP) is 0.469. The number of nitrogens with two attached hydrogens (primary N) is 1. The number of carbonyl (C=O) groups is 1. The van der Waals surface area contributed by atoms with Gasteiger partial charge in [0.15, 0.2) is 0 Å². The van der Waals surface area contributed by atoms with E-state index >= 15 is 0 Å². The standard InChI is InChI=1S/C13H20N4O/c14-12-3-2-10-8-16(9-11(10)12)13(18)4-7-17-6-1-5-15-17/h1,5-6,10-12H,2-4,7-9,14H2. The zero-order chi connectivity index (χ0) is 12.5. The molecule has 2 heterocycles. The van der Waals surface area contributed by atoms with Crippen molar-refractivity contribution in [3.05, 3.63) is 18.5 Å². The van der Waals surface area contributed by atoms with Gasteiger partial charge in [0, 0.05) is 44.5 Å². The lowest BCUT2D eigenvalue weighted by molar-refractivity contribution is -0.130. The summed E-state index contributed by atoms with van der Waals surface area (Å²) >= 11 is 0. The molecule has 5 nitrogen and oxygen atoms in total. The van der Waals surface area contributed by atoms with E-state index in [0.29, 0.717) is 30.8 Å². The van der Waals surface area contributed by atoms with E-state index in [4.69, 9.17) is 5.73 Å². The number of likely N-dealkylation sites (tertiary alicyclic amines) is 1. The molecule has 98 valence electrons. The fraction of sp³-hybridized carbons (Fsp3) is 0.692. The first-order valence-electron chi connectivity index (χ1n) is 6.75. The van der Waals surface area contributed by atoms with Crippen LogP contribution in [0.15, 0.2) is 18.5 Å². The number of nitrogens with zero attached hydrogens (tertiary/aromatic N) is 3. The maximum absolute atomic E-state index is 12.1. The smallest absolute Gasteiger partial charge is 0.224 e. The normalized spacial score (nSPS) is 30.7. The average Bonchev–Trinajstić information content (AvgIpc) is 3.05. The third kappa shape index (κ3) is 2.14. The number of fused-ring (bicyclic) bond motifs is 1. The maximum Gasteiger partial charge on any atom is 0.224 e. The molecule has 3 rings (SSSR count). The van der Waals surface area contributed by atoms with Gasteiger partial charge >= 0.3 is 0 Å². The Hall–Kier alpha value is -1.36. The molecule has 0 spiro atoms. The number of hydrogen-bond acceptors (Lipinski definition) is 3. The predicted molar refractivity (Wildman–Crippen MR) is 67.6 cm³/mol. The Morgan fingerprint density at radius 1 is 1.39 bits per heavy atom. The van der Waals surface area contributed by atoms with E-state index in [1.54, 1.807) is 10.9 Å². The minimum atomic E-state index is 0.243. The molecule has 5 heteroatoms. The van der Waals surface area contributed by atoms with Crippen molar-refractivity contribution >= 4 is 5.91 Å². The molecule has 0 aromatic carbocycles. The molecule has 1 saturated carbocycles. The highest BCUT2D eigenvalue weighted by Gasteiger charge is 2.42. The first-order chi connectivity index (χ1) is 8.74. The van der Waals surface area contributed by atoms with Crippen molar-refractivity contribution < 1.29 is 4.79 Å². The van der Waals surface area contributed by atoms with Crippen LogP contribution in [0.1, 0.15) is 19.3 Å². The number of hydrogen-bond donors (Lipinski definition) is 1. The number of carbonyl (C=O) groups excluding carboxylic acids is 1. The van der Waals surface area contributed by atoms with E-state index in [-0.39, 0.29) is 5.91 Å². The minimum Gasteiger partial charge on any atom is -0.342 e. The molecule has 2 N–H and O–H groups in total. The SMILES string of the molecule is NC1CCC2CN(C(=O)CCn3cccn3)CC12. The first kappa shape index (κ1) is 11.7. The molecule has 1 aromatic rings. The molecule has 1 amide bonds. The Morgan fingerprint density at radius 3 is 3.00 bits per heavy atom. The van der Waals surface area contributed by atoms with Gasteiger partial charge in [-0.1, -0.05) is 0 Å². The third-order valence-corrected chi connectivity index (χ3v) is 4.38. The molecule has 2 fully saturated rings. The minimum absolute atomic E-state index is 0.243. The monoisotopic (exact) mass is 248 g/mol. The second-order valence-corrected chi connectivity index (χ2v) is 5.48. The van der Waals surface area contributed by atoms with Gasteiger partial charge in [-0.25, -0.2) is 0 Å². The number of aromatic nitrogens is 2. The third-order valence-electron chi connectivity index (χ3n) is 4.38. The van der Waals surface area contributed by atoms with Crippen LogP contribution in [-0.2, 0) is 11.3 Å². The molecule has 0 radical (unpaired) electrons. The molecule has 18 heavy (non-hydrogen) atoms. The average molecular weight is 248 g/mol. The fourth-order valence-corrected chi connectivity index (χ4v) is 3.31. The van der Waals surface area contributed by atoms with Gasteiger partial charge in [0.25, 0.3) is 0 Å². The second kappa shape index (κ2) is 4.72. The van der Waals surface area contributed by atoms with Gasteiger partial charge in [0.2, 0.25) is 5.91 Å². The summed E-state index contributed by atoms with van der Waals surface area (Å²) in [4.78, 5) is 14.1. The largest absolute Gasteiger partial charge is 0.342 e. The van der Waals surface area contributed by atoms with Crippen LogP contribution in [0.25, 0.3) is 0 Å². The highest BCUT2D eigenvalue weighted by molar-refractivity contribution is 5.76. The van der Waals surface area contributed by atoms with Crippen molar-refractivity contribution in [3.8, 4) is 0 Å². The van der Waals surface area contributed by atoms with Crippen LogP contribution in [0.3, 0.4) is 0 Å². The van der Waals surface area contributed by atoms with Crippen LogP contribution in [0.4, 0.5) is 0 Å². The Labute approximate surface area is 107 Å². The van der Waals surface area contributed by atoms with Crippen LogP contribution in [0.5, 0.6) is 0 Å². The molecular formula is C13H20N4O. The number of rotatable bonds is 3. The summed E-state index contributed by atoms with van der Waals surface area (Å²) in [6, 6.07) is 2.18. The lowest BCUT2D eigenvalue weighted by Gasteiger charge is -2.18. The van der Waals surface area contributed by atoms with Gasteiger partial charge in [-0.3, -0.25) is 9.48 Å². The van der Waals surface area contributed by atoms with Crippen LogP contribution < -0.4 is 5.73 Å². The van der Waals surface area contributed by atoms with Gasteiger partial charge in [-0.05, 0) is 30.7 Å². The second-order valence-electron chi connectivity index (χ2n) is 5.48. The van der Waals surface area contributed by atoms with Gasteiger partial charge in [0.1, 0.15) is 0 Å². The van der Waals surface area contributed by atoms with Crippen molar-refractivity contribution in [3.63, 3.8) is 0 Å². The maximum atomic E-state index is 12.1. The van der Waals surface area contributed by atoms with Crippen LogP contribution >= 0.6 is 0 Å². The summed E-state index contributed by atoms with van der Waals surface area (Å²) in [5.74, 6) is 1.43. The molecule has 2 aliphatic rings. The Morgan fingerprint density at radius 2 is 2.28 bits per heavy atom. The number of amides is 1. The van der Waals surface area contributed by atoms with Crippen molar-refractivity contribution in [2.45, 2.75) is 31.8 Å². The molecule has 1 aliphatic heterocycles. The van der Waals surface area contributed by atoms with Crippen LogP contribution in [-0.4, -0.2) is 39.7 Å². The van der Waals surface area contributed by atoms with Crippen molar-refractivity contribution in [2.24, 2.45) is 17.6 Å². The van der Waals surface area contributed by atoms with E-state index in [1.807, 2.05) is 17.2 Å². The van der Waals surface area contributed by atoms with Crippen molar-refractivity contribution in [1.29, 1.82) is 0 Å². The summed E-state index contributed by atoms with van der Waals surface area (Å²) in [5.41, 5.74) is 6.08. The quantitative estimate of drug-likeness (QED) is 0.845. The van der Waals surface area contributed by atoms with Crippen LogP contribution in [0.2, 0.25) is 0 Å². The van der Waals surface area contributed by atoms with E-state index < -0.39 is 0 Å². The fourth-order valence-electron chi connectivity index (χ4n) is 3.31. The zero-order valence-corrected chi connectivity index (χ0v) is 10.5. The van der Waals surface area contributed by atoms with E-state index in [0.717, 1.165) is 19.5 Å². The molecule has 0 bridgehead atoms. The van der Waals surface area contributed by atoms with E-state index in [1.165, 1.54) is 6.42 Å². The molecule has 3 atom stereocenters. The van der Waals surface area contributed by atoms with Gasteiger partial charge in [0.05, 0.1) is 0 Å². The summed E-state index contributed by atoms with van der Waals surface area (Å²) < 4.78 is 1.81. The summed E-state index contributed by atoms with van der Waals surface area (Å²) in [6.07, 6.45) is 6.49. The topological polar surface area (TPSA) is 64.2 Å². The lowest BCUT2D eigenvalue weighted by atomic mass is 9.98. The zero-order valence-electron chi connectivity index (χ0n) is 10.5. The Kier molecular flexibility index (Phi) is 3.07. The van der Waals surface area contributed by atoms with Crippen LogP contribution in [0, 0.1) is 11.8 Å². The molecule has 3 unspecified atom stereocenters. The highest BCUT2D eigenvalue weighted by atomic mass is 16.2. The summed E-state index contributed by atoms with van der Waals surface area (Å²) in [5, 5.41) is 4.11. The first-order valence-corrected chi connectivity index (χ1v) is 6.75. The number of aryl methyl sites for hydroxylation is 1. The summed E-state index contributed by atoms with van der Waals surface area (Å²) in [6.45, 7) is 2.45. The van der Waals surface area contributed by atoms with E-state index in [9.17, 15) is 4.79 Å². The van der Waals surface area contributed by atoms with E-state index in [2.05, 4.69) is 5.10 Å².